The number of benzene rings is 1. The Kier molecular flexibility index (Phi) is 18.2. The first-order valence-electron chi connectivity index (χ1n) is 13.6. The monoisotopic (exact) mass is 516 g/mol. The number of hydrogen-bond acceptors (Lipinski definition) is 3. The highest BCUT2D eigenvalue weighted by atomic mass is 32.2. The van der Waals surface area contributed by atoms with Crippen LogP contribution in [0.2, 0.25) is 0 Å². The summed E-state index contributed by atoms with van der Waals surface area (Å²) in [4.78, 5) is 11.1. The van der Waals surface area contributed by atoms with Crippen LogP contribution in [-0.2, 0) is 16.5 Å². The number of nitrogens with zero attached hydrogens (tertiary/aromatic N) is 1. The lowest BCUT2D eigenvalue weighted by molar-refractivity contribution is -0.929. The van der Waals surface area contributed by atoms with E-state index in [-0.39, 0.29) is 18.6 Å². The molecule has 0 aliphatic carbocycles. The molecule has 1 unspecified atom stereocenters. The number of carbonyl (C=O) groups is 1. The van der Waals surface area contributed by atoms with E-state index in [4.69, 9.17) is 4.55 Å². The maximum Gasteiger partial charge on any atom is 0.268 e. The normalized spacial score (nSPS) is 12.7. The van der Waals surface area contributed by atoms with E-state index in [9.17, 15) is 17.6 Å². The molecule has 35 heavy (non-hydrogen) atoms. The van der Waals surface area contributed by atoms with Crippen LogP contribution in [0.1, 0.15) is 108 Å². The van der Waals surface area contributed by atoms with E-state index in [1.54, 1.807) is 24.3 Å². The van der Waals surface area contributed by atoms with Crippen LogP contribution < -0.4 is 0 Å². The number of quaternary nitrogens is 1. The Morgan fingerprint density at radius 3 is 1.54 bits per heavy atom. The summed E-state index contributed by atoms with van der Waals surface area (Å²) in [6.45, 7) is 15.6. The lowest BCUT2D eigenvalue weighted by atomic mass is 10.0. The zero-order valence-corrected chi connectivity index (χ0v) is 23.7. The minimum atomic E-state index is -4.26. The fourth-order valence-electron chi connectivity index (χ4n) is 4.26. The van der Waals surface area contributed by atoms with Crippen molar-refractivity contribution < 1.29 is 26.6 Å². The minimum absolute atomic E-state index is 0.0287. The van der Waals surface area contributed by atoms with E-state index in [2.05, 4.69) is 27.7 Å². The molecule has 0 bridgehead atoms. The van der Waals surface area contributed by atoms with Crippen molar-refractivity contribution in [2.75, 3.05) is 32.9 Å². The first-order chi connectivity index (χ1) is 16.6. The van der Waals surface area contributed by atoms with Gasteiger partial charge in [0.15, 0.2) is 5.78 Å². The maximum atomic E-state index is 12.2. The molecular weight excluding hydrogens is 465 g/mol. The molecule has 204 valence electrons. The first kappa shape index (κ1) is 33.7. The van der Waals surface area contributed by atoms with Crippen LogP contribution >= 0.6 is 0 Å². The molecular formula is C28H51FNO4S+. The molecule has 0 saturated carbocycles. The van der Waals surface area contributed by atoms with Gasteiger partial charge in [-0.1, -0.05) is 77.6 Å². The van der Waals surface area contributed by atoms with Crippen LogP contribution in [0, 0.1) is 0 Å². The summed E-state index contributed by atoms with van der Waals surface area (Å²) < 4.78 is 44.7. The molecule has 0 aromatic heterocycles. The van der Waals surface area contributed by atoms with Gasteiger partial charge < -0.3 is 4.48 Å². The Hall–Kier alpha value is -1.31. The van der Waals surface area contributed by atoms with E-state index < -0.39 is 22.0 Å². The lowest BCUT2D eigenvalue weighted by Crippen LogP contribution is -2.50. The van der Waals surface area contributed by atoms with E-state index in [0.29, 0.717) is 11.1 Å². The summed E-state index contributed by atoms with van der Waals surface area (Å²) in [5, 5.41) is -1.15. The van der Waals surface area contributed by atoms with Gasteiger partial charge in [-0.3, -0.25) is 13.7 Å². The summed E-state index contributed by atoms with van der Waals surface area (Å²) in [5.41, 5.74) is 1.16. The molecule has 0 heterocycles. The number of rotatable bonds is 18. The SMILES string of the molecule is CC(=O)c1ccc(CC(CCF)S(=O)(=O)O)cc1.CCCC[N+](CCCC)(CCCC)CCCC. The average Bonchev–Trinajstić information content (AvgIpc) is 2.83. The van der Waals surface area contributed by atoms with Crippen LogP contribution in [0.4, 0.5) is 4.39 Å². The molecule has 0 radical (unpaired) electrons. The third-order valence-electron chi connectivity index (χ3n) is 6.62. The Morgan fingerprint density at radius 2 is 1.26 bits per heavy atom. The lowest BCUT2D eigenvalue weighted by Gasteiger charge is -2.39. The van der Waals surface area contributed by atoms with Crippen molar-refractivity contribution in [3.05, 3.63) is 35.4 Å². The second kappa shape index (κ2) is 18.9. The standard InChI is InChI=1S/C16H36N.C12H15FO4S/c1-5-9-13-17(14-10-6-2,15-11-7-3)16-12-8-4;1-9(14)11-4-2-10(3-5-11)8-12(6-7-13)18(15,16)17/h5-16H2,1-4H3;2-5,12H,6-8H2,1H3,(H,15,16,17)/q+1;. The van der Waals surface area contributed by atoms with Crippen molar-refractivity contribution in [2.45, 2.75) is 104 Å². The Balaban J connectivity index is 0.000000662. The quantitative estimate of drug-likeness (QED) is 0.129. The molecule has 0 aliphatic heterocycles. The van der Waals surface area contributed by atoms with Gasteiger partial charge in [-0.05, 0) is 51.0 Å². The molecule has 0 fully saturated rings. The van der Waals surface area contributed by atoms with Crippen LogP contribution in [0.25, 0.3) is 0 Å². The van der Waals surface area contributed by atoms with Crippen molar-refractivity contribution in [3.63, 3.8) is 0 Å². The summed E-state index contributed by atoms with van der Waals surface area (Å²) in [7, 11) is -4.26. The molecule has 7 heteroatoms. The maximum absolute atomic E-state index is 12.2. The van der Waals surface area contributed by atoms with Crippen LogP contribution in [0.5, 0.6) is 0 Å². The minimum Gasteiger partial charge on any atom is -0.324 e. The second-order valence-electron chi connectivity index (χ2n) is 9.72. The van der Waals surface area contributed by atoms with Gasteiger partial charge in [0.1, 0.15) is 0 Å². The largest absolute Gasteiger partial charge is 0.324 e. The number of halogens is 1. The zero-order valence-electron chi connectivity index (χ0n) is 22.9. The number of carbonyl (C=O) groups excluding carboxylic acids is 1. The van der Waals surface area contributed by atoms with Gasteiger partial charge in [0.25, 0.3) is 10.1 Å². The Morgan fingerprint density at radius 1 is 0.857 bits per heavy atom. The zero-order chi connectivity index (χ0) is 26.7. The van der Waals surface area contributed by atoms with Crippen molar-refractivity contribution >= 4 is 15.9 Å². The molecule has 1 aromatic carbocycles. The number of alkyl halides is 1. The number of Topliss-reactive ketones (excluding diaryl/α,β-unsaturated/α-hetero) is 1. The molecule has 0 spiro atoms. The van der Waals surface area contributed by atoms with Gasteiger partial charge in [-0.15, -0.1) is 0 Å². The van der Waals surface area contributed by atoms with Gasteiger partial charge in [-0.2, -0.15) is 8.42 Å². The van der Waals surface area contributed by atoms with Crippen molar-refractivity contribution in [1.29, 1.82) is 0 Å². The van der Waals surface area contributed by atoms with Crippen LogP contribution in [0.3, 0.4) is 0 Å². The predicted octanol–water partition coefficient (Wildman–Crippen LogP) is 7.05. The molecule has 1 atom stereocenters. The average molecular weight is 517 g/mol. The van der Waals surface area contributed by atoms with E-state index in [1.165, 1.54) is 89.0 Å². The molecule has 5 nitrogen and oxygen atoms in total. The molecule has 0 aliphatic rings. The topological polar surface area (TPSA) is 71.4 Å². The van der Waals surface area contributed by atoms with E-state index in [1.807, 2.05) is 0 Å². The second-order valence-corrected chi connectivity index (χ2v) is 11.4. The predicted molar refractivity (Wildman–Crippen MR) is 145 cm³/mol. The summed E-state index contributed by atoms with van der Waals surface area (Å²) >= 11 is 0. The number of ketones is 1. The van der Waals surface area contributed by atoms with Crippen molar-refractivity contribution in [2.24, 2.45) is 0 Å². The highest BCUT2D eigenvalue weighted by molar-refractivity contribution is 7.86. The van der Waals surface area contributed by atoms with E-state index in [0.717, 1.165) is 0 Å². The summed E-state index contributed by atoms with van der Waals surface area (Å²) in [6.07, 6.45) is 10.8. The Bertz CT molecular complexity index is 743. The summed E-state index contributed by atoms with van der Waals surface area (Å²) in [5.74, 6) is -0.0864. The van der Waals surface area contributed by atoms with Crippen molar-refractivity contribution in [3.8, 4) is 0 Å². The third-order valence-corrected chi connectivity index (χ3v) is 7.87. The van der Waals surface area contributed by atoms with Gasteiger partial charge in [0.05, 0.1) is 38.1 Å². The molecule has 1 N–H and O–H groups in total. The van der Waals surface area contributed by atoms with Gasteiger partial charge in [-0.25, -0.2) is 0 Å². The fourth-order valence-corrected chi connectivity index (χ4v) is 5.05. The highest BCUT2D eigenvalue weighted by Crippen LogP contribution is 2.17. The number of unbranched alkanes of at least 4 members (excludes halogenated alkanes) is 4. The van der Waals surface area contributed by atoms with E-state index >= 15 is 0 Å². The van der Waals surface area contributed by atoms with Gasteiger partial charge in [0, 0.05) is 5.56 Å². The van der Waals surface area contributed by atoms with Crippen LogP contribution in [0.15, 0.2) is 24.3 Å². The van der Waals surface area contributed by atoms with Gasteiger partial charge >= 0.3 is 0 Å². The van der Waals surface area contributed by atoms with Gasteiger partial charge in [0.2, 0.25) is 0 Å². The molecule has 0 amide bonds. The Labute approximate surface area is 214 Å². The third kappa shape index (κ3) is 14.7. The smallest absolute Gasteiger partial charge is 0.268 e. The van der Waals surface area contributed by atoms with Crippen molar-refractivity contribution in [1.82, 2.24) is 0 Å². The highest BCUT2D eigenvalue weighted by Gasteiger charge is 2.25. The summed E-state index contributed by atoms with van der Waals surface area (Å²) in [6, 6.07) is 6.36. The molecule has 1 rings (SSSR count). The molecule has 0 saturated heterocycles. The van der Waals surface area contributed by atoms with Crippen LogP contribution in [-0.4, -0.2) is 61.3 Å². The number of hydrogen-bond donors (Lipinski definition) is 1. The first-order valence-corrected chi connectivity index (χ1v) is 15.1. The fraction of sp³-hybridized carbons (Fsp3) is 0.750. The molecule has 1 aromatic rings.